The fourth-order valence-corrected chi connectivity index (χ4v) is 3.16. The number of carbonyl (C=O) groups excluding carboxylic acids is 2. The summed E-state index contributed by atoms with van der Waals surface area (Å²) in [6.45, 7) is 3.45. The minimum absolute atomic E-state index is 0.0464. The van der Waals surface area contributed by atoms with E-state index in [9.17, 15) is 9.59 Å². The van der Waals surface area contributed by atoms with Crippen molar-refractivity contribution in [1.29, 1.82) is 0 Å². The summed E-state index contributed by atoms with van der Waals surface area (Å²) in [5, 5.41) is 8.58. The molecule has 0 fully saturated rings. The summed E-state index contributed by atoms with van der Waals surface area (Å²) < 4.78 is 8.22. The van der Waals surface area contributed by atoms with Crippen LogP contribution in [0.4, 0.5) is 5.82 Å². The van der Waals surface area contributed by atoms with Gasteiger partial charge in [0.05, 0.1) is 6.20 Å². The summed E-state index contributed by atoms with van der Waals surface area (Å²) in [6.07, 6.45) is 3.25. The van der Waals surface area contributed by atoms with Gasteiger partial charge in [0, 0.05) is 23.7 Å². The van der Waals surface area contributed by atoms with Gasteiger partial charge in [0.2, 0.25) is 0 Å². The number of esters is 1. The molecule has 0 aliphatic rings. The lowest BCUT2D eigenvalue weighted by atomic mass is 10.4. The fraction of sp³-hybridized carbons (Fsp3) is 0.286. The van der Waals surface area contributed by atoms with Crippen LogP contribution in [0.2, 0.25) is 5.15 Å². The first-order chi connectivity index (χ1) is 11.5. The first kappa shape index (κ1) is 16.5. The van der Waals surface area contributed by atoms with Crippen LogP contribution in [0.1, 0.15) is 30.4 Å². The van der Waals surface area contributed by atoms with Crippen molar-refractivity contribution in [3.63, 3.8) is 0 Å². The molecule has 3 aromatic rings. The Morgan fingerprint density at radius 3 is 3.00 bits per heavy atom. The van der Waals surface area contributed by atoms with Crippen LogP contribution in [-0.2, 0) is 9.53 Å². The summed E-state index contributed by atoms with van der Waals surface area (Å²) in [6, 6.07) is 1.76. The van der Waals surface area contributed by atoms with E-state index in [-0.39, 0.29) is 16.9 Å². The quantitative estimate of drug-likeness (QED) is 0.700. The smallest absolute Gasteiger partial charge is 0.359 e. The molecular formula is C14H14ClN5O3S. The Morgan fingerprint density at radius 1 is 1.46 bits per heavy atom. The molecule has 1 N–H and O–H groups in total. The summed E-state index contributed by atoms with van der Waals surface area (Å²) in [5.74, 6) is -0.639. The number of nitrogens with one attached hydrogen (secondary N) is 1. The van der Waals surface area contributed by atoms with E-state index in [0.717, 1.165) is 0 Å². The number of thiazole rings is 1. The minimum atomic E-state index is -0.710. The Labute approximate surface area is 146 Å². The highest BCUT2D eigenvalue weighted by Crippen LogP contribution is 2.22. The molecule has 0 unspecified atom stereocenters. The maximum absolute atomic E-state index is 12.2. The van der Waals surface area contributed by atoms with E-state index in [1.807, 2.05) is 13.8 Å². The second kappa shape index (κ2) is 6.62. The molecule has 126 valence electrons. The van der Waals surface area contributed by atoms with Crippen LogP contribution in [0.15, 0.2) is 23.8 Å². The highest BCUT2D eigenvalue weighted by atomic mass is 35.5. The van der Waals surface area contributed by atoms with E-state index < -0.39 is 18.5 Å². The van der Waals surface area contributed by atoms with Crippen LogP contribution in [0.3, 0.4) is 0 Å². The second-order valence-corrected chi connectivity index (χ2v) is 6.42. The van der Waals surface area contributed by atoms with Crippen LogP contribution < -0.4 is 5.32 Å². The molecule has 24 heavy (non-hydrogen) atoms. The highest BCUT2D eigenvalue weighted by molar-refractivity contribution is 7.15. The number of aromatic nitrogens is 4. The molecule has 0 spiro atoms. The van der Waals surface area contributed by atoms with Crippen molar-refractivity contribution < 1.29 is 14.3 Å². The molecule has 0 atom stereocenters. The topological polar surface area (TPSA) is 90.5 Å². The molecule has 1 amide bonds. The highest BCUT2D eigenvalue weighted by Gasteiger charge is 2.21. The van der Waals surface area contributed by atoms with Crippen LogP contribution in [0.5, 0.6) is 0 Å². The van der Waals surface area contributed by atoms with Gasteiger partial charge in [0.25, 0.3) is 5.91 Å². The van der Waals surface area contributed by atoms with Crippen LogP contribution in [0, 0.1) is 0 Å². The fourth-order valence-electron chi connectivity index (χ4n) is 2.15. The van der Waals surface area contributed by atoms with Gasteiger partial charge in [-0.05, 0) is 13.8 Å². The van der Waals surface area contributed by atoms with Crippen molar-refractivity contribution in [2.75, 3.05) is 11.9 Å². The number of halogens is 1. The Morgan fingerprint density at radius 2 is 2.25 bits per heavy atom. The molecule has 0 bridgehead atoms. The maximum atomic E-state index is 12.2. The average Bonchev–Trinajstić information content (AvgIpc) is 3.20. The van der Waals surface area contributed by atoms with Gasteiger partial charge in [-0.15, -0.1) is 11.3 Å². The summed E-state index contributed by atoms with van der Waals surface area (Å²) in [4.78, 5) is 28.8. The minimum Gasteiger partial charge on any atom is -0.451 e. The standard InChI is InChI=1S/C14H14ClN5O3S/c1-8(2)20-9(3-4-16-20)17-10(21)7-23-13(22)11-12(15)18-14-19(11)5-6-24-14/h3-6,8H,7H2,1-2H3,(H,17,21). The van der Waals surface area contributed by atoms with Crippen LogP contribution in [0.25, 0.3) is 4.96 Å². The first-order valence-corrected chi connectivity index (χ1v) is 8.34. The maximum Gasteiger partial charge on any atom is 0.359 e. The van der Waals surface area contributed by atoms with Gasteiger partial charge in [-0.1, -0.05) is 11.6 Å². The van der Waals surface area contributed by atoms with E-state index in [2.05, 4.69) is 15.4 Å². The van der Waals surface area contributed by atoms with Gasteiger partial charge in [-0.25, -0.2) is 14.5 Å². The molecule has 0 saturated carbocycles. The van der Waals surface area contributed by atoms with Gasteiger partial charge in [-0.2, -0.15) is 5.10 Å². The number of hydrogen-bond donors (Lipinski definition) is 1. The lowest BCUT2D eigenvalue weighted by Crippen LogP contribution is -2.23. The average molecular weight is 368 g/mol. The Hall–Kier alpha value is -2.39. The van der Waals surface area contributed by atoms with Crippen molar-refractivity contribution in [3.05, 3.63) is 34.7 Å². The number of ether oxygens (including phenoxy) is 1. The number of anilines is 1. The number of nitrogens with zero attached hydrogens (tertiary/aromatic N) is 4. The molecule has 8 nitrogen and oxygen atoms in total. The zero-order valence-corrected chi connectivity index (χ0v) is 14.5. The number of carbonyl (C=O) groups is 2. The molecule has 0 aromatic carbocycles. The number of rotatable bonds is 5. The predicted octanol–water partition coefficient (Wildman–Crippen LogP) is 2.62. The summed E-state index contributed by atoms with van der Waals surface area (Å²) in [5.41, 5.74) is 0.105. The third-order valence-electron chi connectivity index (χ3n) is 3.17. The van der Waals surface area contributed by atoms with E-state index in [1.165, 1.54) is 15.7 Å². The van der Waals surface area contributed by atoms with Gasteiger partial charge < -0.3 is 10.1 Å². The molecule has 0 aliphatic carbocycles. The second-order valence-electron chi connectivity index (χ2n) is 5.19. The zero-order chi connectivity index (χ0) is 17.3. The zero-order valence-electron chi connectivity index (χ0n) is 12.9. The molecule has 3 aromatic heterocycles. The molecular weight excluding hydrogens is 354 g/mol. The van der Waals surface area contributed by atoms with Crippen LogP contribution in [-0.4, -0.2) is 37.6 Å². The van der Waals surface area contributed by atoms with E-state index in [4.69, 9.17) is 16.3 Å². The first-order valence-electron chi connectivity index (χ1n) is 7.09. The Balaban J connectivity index is 1.64. The van der Waals surface area contributed by atoms with Gasteiger partial charge in [0.15, 0.2) is 22.4 Å². The van der Waals surface area contributed by atoms with Gasteiger partial charge in [-0.3, -0.25) is 9.20 Å². The molecule has 0 saturated heterocycles. The number of imidazole rings is 1. The van der Waals surface area contributed by atoms with Crippen molar-refractivity contribution in [3.8, 4) is 0 Å². The van der Waals surface area contributed by atoms with Crippen LogP contribution >= 0.6 is 22.9 Å². The number of hydrogen-bond acceptors (Lipinski definition) is 6. The summed E-state index contributed by atoms with van der Waals surface area (Å²) in [7, 11) is 0. The monoisotopic (exact) mass is 367 g/mol. The molecule has 0 radical (unpaired) electrons. The van der Waals surface area contributed by atoms with E-state index >= 15 is 0 Å². The number of amides is 1. The molecule has 0 aliphatic heterocycles. The molecule has 3 rings (SSSR count). The van der Waals surface area contributed by atoms with Crippen molar-refractivity contribution in [2.45, 2.75) is 19.9 Å². The lowest BCUT2D eigenvalue weighted by Gasteiger charge is -2.11. The normalized spacial score (nSPS) is 11.2. The van der Waals surface area contributed by atoms with Gasteiger partial charge >= 0.3 is 5.97 Å². The lowest BCUT2D eigenvalue weighted by molar-refractivity contribution is -0.119. The van der Waals surface area contributed by atoms with E-state index in [1.54, 1.807) is 28.5 Å². The van der Waals surface area contributed by atoms with Crippen molar-refractivity contribution >= 4 is 45.6 Å². The third-order valence-corrected chi connectivity index (χ3v) is 4.19. The van der Waals surface area contributed by atoms with Crippen molar-refractivity contribution in [2.24, 2.45) is 0 Å². The molecule has 3 heterocycles. The number of fused-ring (bicyclic) bond motifs is 1. The predicted molar refractivity (Wildman–Crippen MR) is 89.6 cm³/mol. The summed E-state index contributed by atoms with van der Waals surface area (Å²) >= 11 is 7.29. The SMILES string of the molecule is CC(C)n1nccc1NC(=O)COC(=O)c1c(Cl)nc2sccn12. The van der Waals surface area contributed by atoms with Crippen molar-refractivity contribution in [1.82, 2.24) is 19.2 Å². The van der Waals surface area contributed by atoms with Gasteiger partial charge in [0.1, 0.15) is 5.82 Å². The largest absolute Gasteiger partial charge is 0.451 e. The third kappa shape index (κ3) is 3.13. The Kier molecular flexibility index (Phi) is 4.54. The molecule has 10 heteroatoms. The van der Waals surface area contributed by atoms with E-state index in [0.29, 0.717) is 10.8 Å². The Bertz CT molecular complexity index is 897.